The van der Waals surface area contributed by atoms with Gasteiger partial charge in [-0.05, 0) is 12.1 Å². The van der Waals surface area contributed by atoms with Gasteiger partial charge in [0.25, 0.3) is 0 Å². The molecular weight excluding hydrogens is 306 g/mol. The lowest BCUT2D eigenvalue weighted by Gasteiger charge is -2.02. The molecule has 3 rings (SSSR count). The summed E-state index contributed by atoms with van der Waals surface area (Å²) in [4.78, 5) is 11.9. The largest absolute Gasteiger partial charge is 0.456 e. The highest BCUT2D eigenvalue weighted by molar-refractivity contribution is 7.83. The Morgan fingerprint density at radius 1 is 0.955 bits per heavy atom. The number of rotatable bonds is 1. The van der Waals surface area contributed by atoms with Crippen LogP contribution in [0.5, 0.6) is 0 Å². The van der Waals surface area contributed by atoms with E-state index in [4.69, 9.17) is 17.4 Å². The normalized spacial score (nSPS) is 10.8. The van der Waals surface area contributed by atoms with Crippen molar-refractivity contribution in [2.75, 3.05) is 0 Å². The molecular formula is C15H13NO5S. The molecule has 0 aliphatic carbocycles. The van der Waals surface area contributed by atoms with E-state index in [0.717, 1.165) is 5.56 Å². The summed E-state index contributed by atoms with van der Waals surface area (Å²) in [6, 6.07) is 18.4. The molecule has 22 heavy (non-hydrogen) atoms. The second kappa shape index (κ2) is 6.52. The highest BCUT2D eigenvalue weighted by Gasteiger charge is 2.05. The predicted octanol–water partition coefficient (Wildman–Crippen LogP) is 2.21. The third-order valence-corrected chi connectivity index (χ3v) is 2.69. The molecule has 0 spiro atoms. The van der Waals surface area contributed by atoms with Crippen LogP contribution in [0.2, 0.25) is 0 Å². The van der Waals surface area contributed by atoms with Gasteiger partial charge in [-0.1, -0.05) is 42.5 Å². The van der Waals surface area contributed by atoms with Gasteiger partial charge in [-0.25, -0.2) is 5.14 Å². The summed E-state index contributed by atoms with van der Waals surface area (Å²) in [5.74, 6) is 0.606. The van der Waals surface area contributed by atoms with Crippen molar-refractivity contribution in [2.24, 2.45) is 5.14 Å². The Morgan fingerprint density at radius 2 is 1.50 bits per heavy atom. The Morgan fingerprint density at radius 3 is 2.14 bits per heavy atom. The quantitative estimate of drug-likeness (QED) is 0.668. The van der Waals surface area contributed by atoms with E-state index in [1.165, 1.54) is 6.07 Å². The summed E-state index contributed by atoms with van der Waals surface area (Å²) >= 11 is 0. The summed E-state index contributed by atoms with van der Waals surface area (Å²) < 4.78 is 30.9. The van der Waals surface area contributed by atoms with Crippen LogP contribution in [0.3, 0.4) is 0 Å². The van der Waals surface area contributed by atoms with Gasteiger partial charge < -0.3 is 4.42 Å². The zero-order valence-electron chi connectivity index (χ0n) is 11.3. The molecule has 0 saturated heterocycles. The summed E-state index contributed by atoms with van der Waals surface area (Å²) in [7, 11) is -4.17. The second-order valence-electron chi connectivity index (χ2n) is 4.35. The second-order valence-corrected chi connectivity index (χ2v) is 5.38. The van der Waals surface area contributed by atoms with E-state index in [-0.39, 0.29) is 5.43 Å². The van der Waals surface area contributed by atoms with Gasteiger partial charge in [0, 0.05) is 11.6 Å². The van der Waals surface area contributed by atoms with Gasteiger partial charge in [0.05, 0.1) is 5.39 Å². The Labute approximate surface area is 126 Å². The minimum atomic E-state index is -4.17. The van der Waals surface area contributed by atoms with Crippen molar-refractivity contribution in [3.05, 3.63) is 70.9 Å². The maximum Gasteiger partial charge on any atom is 0.330 e. The van der Waals surface area contributed by atoms with Gasteiger partial charge in [-0.3, -0.25) is 9.35 Å². The third-order valence-electron chi connectivity index (χ3n) is 2.69. The van der Waals surface area contributed by atoms with E-state index >= 15 is 0 Å². The molecule has 1 aromatic heterocycles. The average molecular weight is 319 g/mol. The Balaban J connectivity index is 0.000000309. The van der Waals surface area contributed by atoms with Crippen molar-refractivity contribution < 1.29 is 17.4 Å². The van der Waals surface area contributed by atoms with Crippen LogP contribution in [-0.2, 0) is 10.3 Å². The van der Waals surface area contributed by atoms with E-state index in [9.17, 15) is 4.79 Å². The maximum absolute atomic E-state index is 11.9. The van der Waals surface area contributed by atoms with Crippen molar-refractivity contribution in [3.63, 3.8) is 0 Å². The number of hydrogen-bond donors (Lipinski definition) is 2. The van der Waals surface area contributed by atoms with Crippen LogP contribution in [0.15, 0.2) is 69.9 Å². The molecule has 0 aliphatic heterocycles. The first-order valence-electron chi connectivity index (χ1n) is 6.18. The molecule has 3 N–H and O–H groups in total. The molecule has 3 aromatic rings. The fraction of sp³-hybridized carbons (Fsp3) is 0. The summed E-state index contributed by atoms with van der Waals surface area (Å²) in [6.07, 6.45) is 0. The van der Waals surface area contributed by atoms with Gasteiger partial charge in [0.15, 0.2) is 5.43 Å². The first-order chi connectivity index (χ1) is 10.3. The van der Waals surface area contributed by atoms with E-state index in [0.29, 0.717) is 16.7 Å². The summed E-state index contributed by atoms with van der Waals surface area (Å²) in [5, 5.41) is 4.50. The Hall–Kier alpha value is -2.48. The van der Waals surface area contributed by atoms with Crippen molar-refractivity contribution >= 4 is 21.3 Å². The molecule has 0 saturated carbocycles. The van der Waals surface area contributed by atoms with E-state index in [1.54, 1.807) is 6.07 Å². The Kier molecular flexibility index (Phi) is 4.71. The molecule has 2 aromatic carbocycles. The van der Waals surface area contributed by atoms with Crippen LogP contribution in [0.25, 0.3) is 22.3 Å². The Bertz CT molecular complexity index is 925. The van der Waals surface area contributed by atoms with Crippen LogP contribution in [0, 0.1) is 0 Å². The first-order valence-corrected chi connectivity index (χ1v) is 7.68. The molecule has 0 bridgehead atoms. The first kappa shape index (κ1) is 15.9. The number of nitrogens with two attached hydrogens (primary N) is 1. The van der Waals surface area contributed by atoms with Crippen LogP contribution in [-0.4, -0.2) is 13.0 Å². The third kappa shape index (κ3) is 4.52. The molecule has 0 atom stereocenters. The molecule has 7 heteroatoms. The molecule has 0 unspecified atom stereocenters. The van der Waals surface area contributed by atoms with Crippen LogP contribution in [0.4, 0.5) is 0 Å². The monoisotopic (exact) mass is 319 g/mol. The summed E-state index contributed by atoms with van der Waals surface area (Å²) in [5.41, 5.74) is 1.53. The summed E-state index contributed by atoms with van der Waals surface area (Å²) in [6.45, 7) is 0. The van der Waals surface area contributed by atoms with Gasteiger partial charge in [0.1, 0.15) is 11.3 Å². The van der Waals surface area contributed by atoms with Gasteiger partial charge in [-0.15, -0.1) is 0 Å². The number of fused-ring (bicyclic) bond motifs is 1. The van der Waals surface area contributed by atoms with Gasteiger partial charge in [-0.2, -0.15) is 8.42 Å². The number of benzene rings is 2. The van der Waals surface area contributed by atoms with Crippen molar-refractivity contribution in [2.45, 2.75) is 0 Å². The van der Waals surface area contributed by atoms with Gasteiger partial charge in [0.2, 0.25) is 0 Å². The van der Waals surface area contributed by atoms with Crippen LogP contribution in [0.1, 0.15) is 0 Å². The smallest absolute Gasteiger partial charge is 0.330 e. The van der Waals surface area contributed by atoms with Crippen molar-refractivity contribution in [3.8, 4) is 11.3 Å². The van der Waals surface area contributed by atoms with E-state index in [2.05, 4.69) is 5.14 Å². The zero-order valence-corrected chi connectivity index (χ0v) is 12.2. The number of para-hydroxylation sites is 1. The lowest BCUT2D eigenvalue weighted by Crippen LogP contribution is -2.08. The standard InChI is InChI=1S/C15H10O2.H3NO3S/c16-13-10-15(11-6-2-1-3-7-11)17-14-9-5-4-8-12(13)14;1-5(2,3)4/h1-10H;(H3,1,2,3,4). The minimum absolute atomic E-state index is 0.00861. The highest BCUT2D eigenvalue weighted by Crippen LogP contribution is 2.21. The molecule has 114 valence electrons. The van der Waals surface area contributed by atoms with Crippen LogP contribution >= 0.6 is 0 Å². The van der Waals surface area contributed by atoms with E-state index in [1.807, 2.05) is 48.5 Å². The highest BCUT2D eigenvalue weighted by atomic mass is 32.2. The molecule has 1 heterocycles. The van der Waals surface area contributed by atoms with Crippen molar-refractivity contribution in [1.82, 2.24) is 0 Å². The molecule has 6 nitrogen and oxygen atoms in total. The van der Waals surface area contributed by atoms with Crippen molar-refractivity contribution in [1.29, 1.82) is 0 Å². The van der Waals surface area contributed by atoms with E-state index < -0.39 is 10.3 Å². The topological polar surface area (TPSA) is 111 Å². The maximum atomic E-state index is 11.9. The average Bonchev–Trinajstić information content (AvgIpc) is 2.46. The molecule has 0 fully saturated rings. The lowest BCUT2D eigenvalue weighted by atomic mass is 10.1. The molecule has 0 radical (unpaired) electrons. The SMILES string of the molecule is NS(=O)(=O)O.O=c1cc(-c2ccccc2)oc2ccccc12. The fourth-order valence-electron chi connectivity index (χ4n) is 1.85. The zero-order chi connectivity index (χ0) is 16.2. The fourth-order valence-corrected chi connectivity index (χ4v) is 1.85. The molecule has 0 amide bonds. The van der Waals surface area contributed by atoms with Gasteiger partial charge >= 0.3 is 10.3 Å². The molecule has 0 aliphatic rings. The minimum Gasteiger partial charge on any atom is -0.456 e. The number of hydrogen-bond acceptors (Lipinski definition) is 4. The van der Waals surface area contributed by atoms with Crippen LogP contribution < -0.4 is 10.6 Å². The lowest BCUT2D eigenvalue weighted by molar-refractivity contribution is 0.485. The predicted molar refractivity (Wildman–Crippen MR) is 83.7 cm³/mol.